The number of halogens is 2. The minimum Gasteiger partial charge on any atom is -0.350 e. The lowest BCUT2D eigenvalue weighted by atomic mass is 10.1. The fourth-order valence-electron chi connectivity index (χ4n) is 3.09. The smallest absolute Gasteiger partial charge is 0.244 e. The molecule has 0 unspecified atom stereocenters. The molecule has 2 aromatic rings. The quantitative estimate of drug-likeness (QED) is 0.488. The molecule has 0 radical (unpaired) electrons. The highest BCUT2D eigenvalue weighted by Crippen LogP contribution is 2.23. The van der Waals surface area contributed by atoms with Crippen LogP contribution in [0, 0.1) is 0 Å². The van der Waals surface area contributed by atoms with Crippen LogP contribution in [0.15, 0.2) is 57.5 Å². The number of nitrogens with one attached hydrogen (secondary N) is 1. The SMILES string of the molecule is C[C@@H](C(=O)NC(C)(C)C)N(Cc1ccc(Br)cc1)C(=O)CN(c1cccc(Br)c1)S(C)(=O)=O. The average Bonchev–Trinajstić information content (AvgIpc) is 2.68. The highest BCUT2D eigenvalue weighted by Gasteiger charge is 2.31. The summed E-state index contributed by atoms with van der Waals surface area (Å²) in [6, 6.07) is 13.3. The van der Waals surface area contributed by atoms with Gasteiger partial charge in [-0.05, 0) is 63.6 Å². The molecule has 0 aromatic heterocycles. The minimum absolute atomic E-state index is 0.154. The van der Waals surface area contributed by atoms with Crippen LogP contribution in [-0.4, -0.2) is 49.5 Å². The number of amides is 2. The maximum atomic E-state index is 13.5. The van der Waals surface area contributed by atoms with Crippen molar-refractivity contribution < 1.29 is 18.0 Å². The summed E-state index contributed by atoms with van der Waals surface area (Å²) in [4.78, 5) is 27.8. The summed E-state index contributed by atoms with van der Waals surface area (Å²) in [5.41, 5.74) is 0.693. The number of rotatable bonds is 8. The second-order valence-corrected chi connectivity index (χ2v) is 12.6. The van der Waals surface area contributed by atoms with Crippen LogP contribution in [0.25, 0.3) is 0 Å². The first kappa shape index (κ1) is 27.3. The third kappa shape index (κ3) is 8.42. The van der Waals surface area contributed by atoms with Gasteiger partial charge in [0.1, 0.15) is 12.6 Å². The molecular formula is C23H29Br2N3O4S. The van der Waals surface area contributed by atoms with Gasteiger partial charge in [-0.3, -0.25) is 13.9 Å². The highest BCUT2D eigenvalue weighted by molar-refractivity contribution is 9.10. The van der Waals surface area contributed by atoms with Crippen molar-refractivity contribution in [3.8, 4) is 0 Å². The Morgan fingerprint density at radius 3 is 2.15 bits per heavy atom. The summed E-state index contributed by atoms with van der Waals surface area (Å²) in [5, 5.41) is 2.89. The van der Waals surface area contributed by atoms with Gasteiger partial charge in [0.2, 0.25) is 21.8 Å². The predicted octanol–water partition coefficient (Wildman–Crippen LogP) is 4.31. The van der Waals surface area contributed by atoms with Gasteiger partial charge in [-0.2, -0.15) is 0 Å². The Labute approximate surface area is 212 Å². The molecule has 10 heteroatoms. The van der Waals surface area contributed by atoms with E-state index in [4.69, 9.17) is 0 Å². The molecule has 0 bridgehead atoms. The summed E-state index contributed by atoms with van der Waals surface area (Å²) in [7, 11) is -3.76. The molecule has 1 atom stereocenters. The zero-order valence-corrected chi connectivity index (χ0v) is 23.3. The molecule has 0 saturated carbocycles. The van der Waals surface area contributed by atoms with E-state index in [-0.39, 0.29) is 12.5 Å². The van der Waals surface area contributed by atoms with Crippen LogP contribution in [0.3, 0.4) is 0 Å². The molecular weight excluding hydrogens is 574 g/mol. The Morgan fingerprint density at radius 2 is 1.64 bits per heavy atom. The maximum absolute atomic E-state index is 13.5. The summed E-state index contributed by atoms with van der Waals surface area (Å²) in [5.74, 6) is -0.804. The number of carbonyl (C=O) groups excluding carboxylic acids is 2. The number of carbonyl (C=O) groups is 2. The summed E-state index contributed by atoms with van der Waals surface area (Å²) in [6.07, 6.45) is 1.05. The van der Waals surface area contributed by atoms with Gasteiger partial charge in [-0.15, -0.1) is 0 Å². The van der Waals surface area contributed by atoms with Gasteiger partial charge in [0.25, 0.3) is 0 Å². The van der Waals surface area contributed by atoms with E-state index in [0.717, 1.165) is 20.6 Å². The number of hydrogen-bond donors (Lipinski definition) is 1. The minimum atomic E-state index is -3.76. The lowest BCUT2D eigenvalue weighted by molar-refractivity contribution is -0.140. The van der Waals surface area contributed by atoms with Crippen molar-refractivity contribution in [3.63, 3.8) is 0 Å². The molecule has 1 N–H and O–H groups in total. The predicted molar refractivity (Wildman–Crippen MR) is 138 cm³/mol. The van der Waals surface area contributed by atoms with E-state index in [1.54, 1.807) is 31.2 Å². The Kier molecular flexibility index (Phi) is 9.12. The van der Waals surface area contributed by atoms with Gasteiger partial charge >= 0.3 is 0 Å². The first-order valence-electron chi connectivity index (χ1n) is 10.3. The van der Waals surface area contributed by atoms with Crippen molar-refractivity contribution in [2.45, 2.75) is 45.8 Å². The molecule has 2 aromatic carbocycles. The highest BCUT2D eigenvalue weighted by atomic mass is 79.9. The Morgan fingerprint density at radius 1 is 1.03 bits per heavy atom. The summed E-state index contributed by atoms with van der Waals surface area (Å²) in [6.45, 7) is 6.94. The Balaban J connectivity index is 2.39. The van der Waals surface area contributed by atoms with Gasteiger partial charge in [0, 0.05) is 21.0 Å². The van der Waals surface area contributed by atoms with E-state index in [2.05, 4.69) is 37.2 Å². The number of anilines is 1. The topological polar surface area (TPSA) is 86.8 Å². The summed E-state index contributed by atoms with van der Waals surface area (Å²) < 4.78 is 27.7. The van der Waals surface area contributed by atoms with Crippen molar-refractivity contribution in [2.24, 2.45) is 0 Å². The first-order valence-corrected chi connectivity index (χ1v) is 13.7. The first-order chi connectivity index (χ1) is 15.2. The molecule has 0 spiro atoms. The van der Waals surface area contributed by atoms with E-state index in [1.165, 1.54) is 4.90 Å². The van der Waals surface area contributed by atoms with Crippen molar-refractivity contribution in [2.75, 3.05) is 17.1 Å². The summed E-state index contributed by atoms with van der Waals surface area (Å²) >= 11 is 6.73. The van der Waals surface area contributed by atoms with E-state index in [0.29, 0.717) is 10.2 Å². The fraction of sp³-hybridized carbons (Fsp3) is 0.391. The number of nitrogens with zero attached hydrogens (tertiary/aromatic N) is 2. The molecule has 0 heterocycles. The molecule has 2 rings (SSSR count). The Bertz CT molecular complexity index is 1100. The molecule has 7 nitrogen and oxygen atoms in total. The van der Waals surface area contributed by atoms with Crippen LogP contribution < -0.4 is 9.62 Å². The zero-order valence-electron chi connectivity index (χ0n) is 19.3. The molecule has 2 amide bonds. The maximum Gasteiger partial charge on any atom is 0.244 e. The molecule has 0 fully saturated rings. The van der Waals surface area contributed by atoms with Gasteiger partial charge < -0.3 is 10.2 Å². The largest absolute Gasteiger partial charge is 0.350 e. The van der Waals surface area contributed by atoms with Crippen LogP contribution in [-0.2, 0) is 26.2 Å². The van der Waals surface area contributed by atoms with Crippen molar-refractivity contribution in [3.05, 3.63) is 63.0 Å². The molecule has 0 aliphatic heterocycles. The normalized spacial score (nSPS) is 12.7. The average molecular weight is 603 g/mol. The van der Waals surface area contributed by atoms with E-state index in [1.807, 2.05) is 45.0 Å². The Hall–Kier alpha value is -1.91. The lowest BCUT2D eigenvalue weighted by Gasteiger charge is -2.33. The molecule has 0 aliphatic rings. The third-order valence-corrected chi connectivity index (χ3v) is 6.87. The van der Waals surface area contributed by atoms with Crippen molar-refractivity contribution in [1.29, 1.82) is 0 Å². The molecule has 180 valence electrons. The van der Waals surface area contributed by atoms with Crippen LogP contribution in [0.1, 0.15) is 33.3 Å². The lowest BCUT2D eigenvalue weighted by Crippen LogP contribution is -2.54. The molecule has 33 heavy (non-hydrogen) atoms. The number of benzene rings is 2. The molecule has 0 saturated heterocycles. The zero-order chi connectivity index (χ0) is 25.0. The third-order valence-electron chi connectivity index (χ3n) is 4.71. The monoisotopic (exact) mass is 601 g/mol. The van der Waals surface area contributed by atoms with Crippen molar-refractivity contribution >= 4 is 59.4 Å². The van der Waals surface area contributed by atoms with Gasteiger partial charge in [0.05, 0.1) is 11.9 Å². The van der Waals surface area contributed by atoms with Gasteiger partial charge in [0.15, 0.2) is 0 Å². The second kappa shape index (κ2) is 11.0. The standard InChI is InChI=1S/C23H29Br2N3O4S/c1-16(22(30)26-23(2,3)4)27(14-17-9-11-18(24)12-10-17)21(29)15-28(33(5,31)32)20-8-6-7-19(25)13-20/h6-13,16H,14-15H2,1-5H3,(H,26,30)/t16-/m0/s1. The number of hydrogen-bond acceptors (Lipinski definition) is 4. The van der Waals surface area contributed by atoms with Crippen LogP contribution in [0.2, 0.25) is 0 Å². The van der Waals surface area contributed by atoms with E-state index in [9.17, 15) is 18.0 Å². The van der Waals surface area contributed by atoms with E-state index < -0.39 is 34.1 Å². The number of sulfonamides is 1. The van der Waals surface area contributed by atoms with Gasteiger partial charge in [-0.25, -0.2) is 8.42 Å². The van der Waals surface area contributed by atoms with Crippen molar-refractivity contribution in [1.82, 2.24) is 10.2 Å². The van der Waals surface area contributed by atoms with Crippen LogP contribution in [0.4, 0.5) is 5.69 Å². The van der Waals surface area contributed by atoms with Crippen LogP contribution >= 0.6 is 31.9 Å². The van der Waals surface area contributed by atoms with Crippen LogP contribution in [0.5, 0.6) is 0 Å². The van der Waals surface area contributed by atoms with E-state index >= 15 is 0 Å². The fourth-order valence-corrected chi connectivity index (χ4v) is 4.58. The van der Waals surface area contributed by atoms with Gasteiger partial charge in [-0.1, -0.05) is 50.1 Å². The second-order valence-electron chi connectivity index (χ2n) is 8.81. The molecule has 0 aliphatic carbocycles.